The van der Waals surface area contributed by atoms with Crippen molar-refractivity contribution in [2.24, 2.45) is 0 Å². The quantitative estimate of drug-likeness (QED) is 0.447. The molecule has 1 fully saturated rings. The third-order valence-corrected chi connectivity index (χ3v) is 5.59. The van der Waals surface area contributed by atoms with Gasteiger partial charge in [-0.3, -0.25) is 9.78 Å². The Morgan fingerprint density at radius 3 is 2.88 bits per heavy atom. The molecule has 9 nitrogen and oxygen atoms in total. The van der Waals surface area contributed by atoms with Crippen LogP contribution in [0.3, 0.4) is 0 Å². The maximum atomic E-state index is 13.0. The van der Waals surface area contributed by atoms with Gasteiger partial charge >= 0.3 is 0 Å². The summed E-state index contributed by atoms with van der Waals surface area (Å²) in [6, 6.07) is 15.1. The van der Waals surface area contributed by atoms with Crippen molar-refractivity contribution in [3.63, 3.8) is 0 Å². The molecule has 0 radical (unpaired) electrons. The van der Waals surface area contributed by atoms with Crippen molar-refractivity contribution in [2.75, 3.05) is 13.1 Å². The zero-order valence-corrected chi connectivity index (χ0v) is 17.4. The summed E-state index contributed by atoms with van der Waals surface area (Å²) in [5.74, 6) is 1.31. The molecule has 1 saturated heterocycles. The molecule has 5 aromatic rings. The highest BCUT2D eigenvalue weighted by Crippen LogP contribution is 2.32. The molecule has 2 aromatic carbocycles. The van der Waals surface area contributed by atoms with E-state index in [1.54, 1.807) is 23.5 Å². The third kappa shape index (κ3) is 3.49. The number of rotatable bonds is 5. The minimum Gasteiger partial charge on any atom is -0.486 e. The Hall–Kier alpha value is -4.53. The summed E-state index contributed by atoms with van der Waals surface area (Å²) in [4.78, 5) is 30.6. The summed E-state index contributed by atoms with van der Waals surface area (Å²) < 4.78 is 11.6. The van der Waals surface area contributed by atoms with Crippen LogP contribution in [0, 0.1) is 0 Å². The number of hydrogen-bond acceptors (Lipinski definition) is 7. The molecule has 9 heteroatoms. The summed E-state index contributed by atoms with van der Waals surface area (Å²) in [5.41, 5.74) is 2.84. The molecule has 162 valence electrons. The Bertz CT molecular complexity index is 1440. The van der Waals surface area contributed by atoms with Crippen molar-refractivity contribution >= 4 is 16.8 Å². The van der Waals surface area contributed by atoms with Crippen LogP contribution in [0.4, 0.5) is 0 Å². The van der Waals surface area contributed by atoms with Gasteiger partial charge in [0, 0.05) is 35.1 Å². The van der Waals surface area contributed by atoms with Crippen LogP contribution < -0.4 is 4.74 Å². The number of ether oxygens (including phenoxy) is 1. The predicted molar refractivity (Wildman–Crippen MR) is 119 cm³/mol. The number of nitrogens with one attached hydrogen (secondary N) is 1. The fourth-order valence-corrected chi connectivity index (χ4v) is 3.90. The molecule has 33 heavy (non-hydrogen) atoms. The topological polar surface area (TPSA) is 110 Å². The van der Waals surface area contributed by atoms with E-state index < -0.39 is 0 Å². The van der Waals surface area contributed by atoms with Crippen LogP contribution in [0.25, 0.3) is 33.9 Å². The number of nitrogens with zero attached hydrogens (tertiary/aromatic N) is 5. The van der Waals surface area contributed by atoms with Gasteiger partial charge in [-0.2, -0.15) is 4.98 Å². The van der Waals surface area contributed by atoms with Crippen LogP contribution in [0.1, 0.15) is 10.4 Å². The fraction of sp³-hybridized carbons (Fsp3) is 0.125. The highest BCUT2D eigenvalue weighted by atomic mass is 16.5. The number of aromatic nitrogens is 5. The number of hydrogen-bond donors (Lipinski definition) is 1. The lowest BCUT2D eigenvalue weighted by Crippen LogP contribution is -2.56. The van der Waals surface area contributed by atoms with Crippen LogP contribution in [0.5, 0.6) is 5.75 Å². The molecule has 0 atom stereocenters. The molecule has 0 saturated carbocycles. The summed E-state index contributed by atoms with van der Waals surface area (Å²) >= 11 is 0. The number of likely N-dealkylation sites (tertiary alicyclic amines) is 1. The summed E-state index contributed by atoms with van der Waals surface area (Å²) in [6.45, 7) is 1.01. The lowest BCUT2D eigenvalue weighted by molar-refractivity contribution is 0.0181. The summed E-state index contributed by atoms with van der Waals surface area (Å²) in [7, 11) is 0. The Morgan fingerprint density at radius 1 is 1.09 bits per heavy atom. The van der Waals surface area contributed by atoms with Crippen molar-refractivity contribution in [1.82, 2.24) is 30.0 Å². The average molecular weight is 438 g/mol. The number of fused-ring (bicyclic) bond motifs is 1. The Balaban J connectivity index is 1.17. The van der Waals surface area contributed by atoms with E-state index in [4.69, 9.17) is 9.26 Å². The monoisotopic (exact) mass is 438 g/mol. The molecule has 0 unspecified atom stereocenters. The Morgan fingerprint density at radius 2 is 2.00 bits per heavy atom. The lowest BCUT2D eigenvalue weighted by atomic mass is 10.1. The van der Waals surface area contributed by atoms with Crippen LogP contribution in [-0.2, 0) is 0 Å². The first-order valence-electron chi connectivity index (χ1n) is 10.5. The van der Waals surface area contributed by atoms with E-state index in [1.165, 1.54) is 0 Å². The smallest absolute Gasteiger partial charge is 0.262 e. The first-order chi connectivity index (χ1) is 16.3. The van der Waals surface area contributed by atoms with Gasteiger partial charge in [0.2, 0.25) is 5.82 Å². The average Bonchev–Trinajstić information content (AvgIpc) is 3.51. The maximum absolute atomic E-state index is 13.0. The van der Waals surface area contributed by atoms with Crippen molar-refractivity contribution in [3.8, 4) is 28.7 Å². The molecule has 4 heterocycles. The molecule has 3 aromatic heterocycles. The first kappa shape index (κ1) is 19.2. The number of H-pyrrole nitrogens is 1. The van der Waals surface area contributed by atoms with Crippen molar-refractivity contribution in [3.05, 3.63) is 78.9 Å². The molecule has 1 aliphatic rings. The number of benzene rings is 2. The molecule has 0 spiro atoms. The standard InChI is InChI=1S/C24H18N6O3/c31-24(17-5-3-6-19-16(17)8-9-26-19)30-13-15(14-30)32-21-7-2-1-4-18(21)23-28-22(29-33-23)20-12-25-10-11-27-20/h1-12,15,26H,13-14H2. The van der Waals surface area contributed by atoms with Crippen LogP contribution in [0.15, 0.2) is 77.8 Å². The molecule has 0 aliphatic carbocycles. The van der Waals surface area contributed by atoms with Gasteiger partial charge in [0.1, 0.15) is 17.5 Å². The predicted octanol–water partition coefficient (Wildman–Crippen LogP) is 3.58. The van der Waals surface area contributed by atoms with Crippen LogP contribution >= 0.6 is 0 Å². The van der Waals surface area contributed by atoms with Crippen molar-refractivity contribution < 1.29 is 14.1 Å². The van der Waals surface area contributed by atoms with Gasteiger partial charge < -0.3 is 19.1 Å². The van der Waals surface area contributed by atoms with Gasteiger partial charge in [-0.25, -0.2) is 4.98 Å². The molecular formula is C24H18N6O3. The van der Waals surface area contributed by atoms with Gasteiger partial charge in [-0.05, 0) is 30.3 Å². The zero-order chi connectivity index (χ0) is 22.2. The fourth-order valence-electron chi connectivity index (χ4n) is 3.90. The van der Waals surface area contributed by atoms with Crippen molar-refractivity contribution in [1.29, 1.82) is 0 Å². The Labute approximate surface area is 188 Å². The highest BCUT2D eigenvalue weighted by Gasteiger charge is 2.34. The molecule has 1 aliphatic heterocycles. The molecular weight excluding hydrogens is 420 g/mol. The number of para-hydroxylation sites is 1. The van der Waals surface area contributed by atoms with E-state index in [2.05, 4.69) is 25.1 Å². The van der Waals surface area contributed by atoms with E-state index in [9.17, 15) is 4.79 Å². The largest absolute Gasteiger partial charge is 0.486 e. The minimum atomic E-state index is -0.122. The minimum absolute atomic E-state index is 0.00107. The van der Waals surface area contributed by atoms with Crippen molar-refractivity contribution in [2.45, 2.75) is 6.10 Å². The maximum Gasteiger partial charge on any atom is 0.262 e. The van der Waals surface area contributed by atoms with Gasteiger partial charge in [-0.15, -0.1) is 0 Å². The molecule has 6 rings (SSSR count). The summed E-state index contributed by atoms with van der Waals surface area (Å²) in [6.07, 6.45) is 6.45. The summed E-state index contributed by atoms with van der Waals surface area (Å²) in [5, 5.41) is 4.93. The number of carbonyl (C=O) groups excluding carboxylic acids is 1. The second kappa shape index (κ2) is 7.86. The Kier molecular flexibility index (Phi) is 4.57. The van der Waals surface area contributed by atoms with E-state index >= 15 is 0 Å². The second-order valence-electron chi connectivity index (χ2n) is 7.70. The molecule has 1 amide bonds. The number of amides is 1. The van der Waals surface area contributed by atoms with E-state index in [-0.39, 0.29) is 12.0 Å². The number of aromatic amines is 1. The van der Waals surface area contributed by atoms with Crippen LogP contribution in [0.2, 0.25) is 0 Å². The molecule has 0 bridgehead atoms. The van der Waals surface area contributed by atoms with E-state index in [1.807, 2.05) is 54.7 Å². The van der Waals surface area contributed by atoms with Crippen LogP contribution in [-0.4, -0.2) is 55.1 Å². The lowest BCUT2D eigenvalue weighted by Gasteiger charge is -2.39. The first-order valence-corrected chi connectivity index (χ1v) is 10.5. The highest BCUT2D eigenvalue weighted by molar-refractivity contribution is 6.06. The van der Waals surface area contributed by atoms with E-state index in [0.29, 0.717) is 47.4 Å². The number of carbonyl (C=O) groups is 1. The zero-order valence-electron chi connectivity index (χ0n) is 17.4. The SMILES string of the molecule is O=C(c1cccc2[nH]ccc12)N1CC(Oc2ccccc2-c2nc(-c3cnccn3)no2)C1. The van der Waals surface area contributed by atoms with Gasteiger partial charge in [0.25, 0.3) is 11.8 Å². The molecule has 1 N–H and O–H groups in total. The normalized spacial score (nSPS) is 13.8. The van der Waals surface area contributed by atoms with Gasteiger partial charge in [-0.1, -0.05) is 23.4 Å². The van der Waals surface area contributed by atoms with E-state index in [0.717, 1.165) is 10.9 Å². The third-order valence-electron chi connectivity index (χ3n) is 5.59. The second-order valence-corrected chi connectivity index (χ2v) is 7.70. The van der Waals surface area contributed by atoms with Gasteiger partial charge in [0.15, 0.2) is 0 Å². The van der Waals surface area contributed by atoms with Gasteiger partial charge in [0.05, 0.1) is 24.8 Å².